The summed E-state index contributed by atoms with van der Waals surface area (Å²) < 4.78 is 5.03. The van der Waals surface area contributed by atoms with Crippen LogP contribution in [0, 0.1) is 0 Å². The van der Waals surface area contributed by atoms with Gasteiger partial charge in [0.2, 0.25) is 0 Å². The zero-order valence-corrected chi connectivity index (χ0v) is 28.6. The number of hydrogen-bond donors (Lipinski definition) is 0. The number of thiophene rings is 1. The van der Waals surface area contributed by atoms with Gasteiger partial charge in [-0.25, -0.2) is 0 Å². The molecule has 2 heterocycles. The van der Waals surface area contributed by atoms with Gasteiger partial charge >= 0.3 is 0 Å². The van der Waals surface area contributed by atoms with Crippen LogP contribution in [-0.4, -0.2) is 4.57 Å². The molecule has 240 valence electrons. The van der Waals surface area contributed by atoms with Gasteiger partial charge in [0.25, 0.3) is 0 Å². The summed E-state index contributed by atoms with van der Waals surface area (Å²) in [5.74, 6) is 0. The maximum atomic E-state index is 2.41. The molecular formula is C48H32N2S. The van der Waals surface area contributed by atoms with Gasteiger partial charge in [-0.3, -0.25) is 0 Å². The third-order valence-electron chi connectivity index (χ3n) is 9.98. The van der Waals surface area contributed by atoms with Crippen molar-refractivity contribution in [3.63, 3.8) is 0 Å². The van der Waals surface area contributed by atoms with Gasteiger partial charge in [-0.1, -0.05) is 121 Å². The Morgan fingerprint density at radius 2 is 0.922 bits per heavy atom. The molecule has 51 heavy (non-hydrogen) atoms. The maximum absolute atomic E-state index is 2.41. The minimum atomic E-state index is 1.12. The molecule has 2 nitrogen and oxygen atoms in total. The van der Waals surface area contributed by atoms with Gasteiger partial charge < -0.3 is 9.47 Å². The van der Waals surface area contributed by atoms with E-state index in [1.54, 1.807) is 0 Å². The Hall–Kier alpha value is -6.42. The number of aromatic nitrogens is 1. The van der Waals surface area contributed by atoms with E-state index in [1.807, 2.05) is 11.3 Å². The van der Waals surface area contributed by atoms with Crippen molar-refractivity contribution in [1.29, 1.82) is 0 Å². The fourth-order valence-corrected chi connectivity index (χ4v) is 8.65. The largest absolute Gasteiger partial charge is 0.310 e. The SMILES string of the molecule is c1ccc(-c2ccc(-n3c4ccccc4c4ccc(-c5cccc(N(c6ccccc6)c6ccc7sc8ccccc8c7c6)c5)cc43)cc2)cc1. The van der Waals surface area contributed by atoms with Crippen molar-refractivity contribution >= 4 is 70.4 Å². The molecule has 0 aliphatic carbocycles. The summed E-state index contributed by atoms with van der Waals surface area (Å²) in [6.45, 7) is 0. The predicted molar refractivity (Wildman–Crippen MR) is 219 cm³/mol. The third kappa shape index (κ3) is 5.10. The van der Waals surface area contributed by atoms with E-state index in [2.05, 4.69) is 204 Å². The molecule has 0 N–H and O–H groups in total. The van der Waals surface area contributed by atoms with Crippen LogP contribution in [0.5, 0.6) is 0 Å². The second-order valence-corrected chi connectivity index (χ2v) is 14.1. The third-order valence-corrected chi connectivity index (χ3v) is 11.1. The minimum Gasteiger partial charge on any atom is -0.310 e. The summed E-state index contributed by atoms with van der Waals surface area (Å²) in [5.41, 5.74) is 11.7. The number of fused-ring (bicyclic) bond motifs is 6. The Bertz CT molecular complexity index is 2850. The average Bonchev–Trinajstić information content (AvgIpc) is 3.74. The van der Waals surface area contributed by atoms with Crippen LogP contribution in [0.2, 0.25) is 0 Å². The van der Waals surface area contributed by atoms with Crippen LogP contribution >= 0.6 is 11.3 Å². The Kier molecular flexibility index (Phi) is 7.04. The number of nitrogens with zero attached hydrogens (tertiary/aromatic N) is 2. The number of hydrogen-bond acceptors (Lipinski definition) is 2. The molecule has 0 bridgehead atoms. The van der Waals surface area contributed by atoms with Gasteiger partial charge in [-0.2, -0.15) is 0 Å². The van der Waals surface area contributed by atoms with Gasteiger partial charge in [0.15, 0.2) is 0 Å². The molecule has 0 aliphatic rings. The van der Waals surface area contributed by atoms with E-state index in [1.165, 1.54) is 64.2 Å². The van der Waals surface area contributed by atoms with Gasteiger partial charge in [0.1, 0.15) is 0 Å². The molecule has 10 aromatic rings. The second-order valence-electron chi connectivity index (χ2n) is 13.0. The lowest BCUT2D eigenvalue weighted by Gasteiger charge is -2.26. The Labute approximate surface area is 300 Å². The van der Waals surface area contributed by atoms with Gasteiger partial charge in [-0.15, -0.1) is 11.3 Å². The van der Waals surface area contributed by atoms with Crippen molar-refractivity contribution < 1.29 is 0 Å². The Balaban J connectivity index is 1.10. The van der Waals surface area contributed by atoms with Crippen molar-refractivity contribution in [2.45, 2.75) is 0 Å². The monoisotopic (exact) mass is 668 g/mol. The van der Waals surface area contributed by atoms with Crippen LogP contribution in [0.1, 0.15) is 0 Å². The molecule has 8 aromatic carbocycles. The zero-order valence-electron chi connectivity index (χ0n) is 27.8. The molecule has 0 unspecified atom stereocenters. The summed E-state index contributed by atoms with van der Waals surface area (Å²) in [7, 11) is 0. The van der Waals surface area contributed by atoms with Crippen LogP contribution in [-0.2, 0) is 0 Å². The molecule has 0 amide bonds. The summed E-state index contributed by atoms with van der Waals surface area (Å²) in [6, 6.07) is 70.4. The van der Waals surface area contributed by atoms with Crippen LogP contribution in [0.3, 0.4) is 0 Å². The fourth-order valence-electron chi connectivity index (χ4n) is 7.56. The normalized spacial score (nSPS) is 11.5. The van der Waals surface area contributed by atoms with Gasteiger partial charge in [-0.05, 0) is 95.1 Å². The van der Waals surface area contributed by atoms with Crippen LogP contribution in [0.4, 0.5) is 17.1 Å². The summed E-state index contributed by atoms with van der Waals surface area (Å²) in [6.07, 6.45) is 0. The van der Waals surface area contributed by atoms with Crippen molar-refractivity contribution in [2.75, 3.05) is 4.90 Å². The first-order valence-corrected chi connectivity index (χ1v) is 18.2. The molecule has 0 atom stereocenters. The highest BCUT2D eigenvalue weighted by Crippen LogP contribution is 2.42. The lowest BCUT2D eigenvalue weighted by molar-refractivity contribution is 1.18. The molecule has 3 heteroatoms. The van der Waals surface area contributed by atoms with Crippen molar-refractivity contribution in [3.8, 4) is 27.9 Å². The van der Waals surface area contributed by atoms with Crippen LogP contribution < -0.4 is 4.90 Å². The number of para-hydroxylation sites is 2. The first-order valence-electron chi connectivity index (χ1n) is 17.3. The summed E-state index contributed by atoms with van der Waals surface area (Å²) >= 11 is 1.85. The molecule has 0 fully saturated rings. The second kappa shape index (κ2) is 12.2. The van der Waals surface area contributed by atoms with E-state index in [-0.39, 0.29) is 0 Å². The number of rotatable bonds is 6. The number of benzene rings is 8. The maximum Gasteiger partial charge on any atom is 0.0547 e. The minimum absolute atomic E-state index is 1.12. The van der Waals surface area contributed by atoms with Crippen LogP contribution in [0.15, 0.2) is 194 Å². The molecule has 2 aromatic heterocycles. The summed E-state index contributed by atoms with van der Waals surface area (Å²) in [4.78, 5) is 2.37. The van der Waals surface area contributed by atoms with Crippen molar-refractivity contribution in [1.82, 2.24) is 4.57 Å². The standard InChI is InChI=1S/C48H32N2S/c1-3-12-33(13-4-1)34-22-25-38(26-23-34)50-45-20-9-7-18-41(45)42-28-24-36(31-46(42)50)35-14-11-17-39(30-35)49(37-15-5-2-6-16-37)40-27-29-48-44(32-40)43-19-8-10-21-47(43)51-48/h1-32H. The van der Waals surface area contributed by atoms with E-state index in [4.69, 9.17) is 0 Å². The first kappa shape index (κ1) is 29.5. The van der Waals surface area contributed by atoms with Gasteiger partial charge in [0, 0.05) is 53.7 Å². The number of anilines is 3. The fraction of sp³-hybridized carbons (Fsp3) is 0. The van der Waals surface area contributed by atoms with E-state index in [9.17, 15) is 0 Å². The van der Waals surface area contributed by atoms with Crippen molar-refractivity contribution in [3.05, 3.63) is 194 Å². The first-order chi connectivity index (χ1) is 25.3. The van der Waals surface area contributed by atoms with Crippen LogP contribution in [0.25, 0.3) is 69.9 Å². The molecule has 0 saturated heterocycles. The highest BCUT2D eigenvalue weighted by atomic mass is 32.1. The molecule has 0 radical (unpaired) electrons. The average molecular weight is 669 g/mol. The predicted octanol–water partition coefficient (Wildman–Crippen LogP) is 14.0. The summed E-state index contributed by atoms with van der Waals surface area (Å²) in [5, 5.41) is 5.10. The van der Waals surface area contributed by atoms with Gasteiger partial charge in [0.05, 0.1) is 11.0 Å². The highest BCUT2D eigenvalue weighted by Gasteiger charge is 2.17. The molecule has 10 rings (SSSR count). The smallest absolute Gasteiger partial charge is 0.0547 e. The van der Waals surface area contributed by atoms with E-state index in [0.717, 1.165) is 22.7 Å². The lowest BCUT2D eigenvalue weighted by atomic mass is 10.0. The molecular weight excluding hydrogens is 637 g/mol. The van der Waals surface area contributed by atoms with E-state index in [0.29, 0.717) is 0 Å². The topological polar surface area (TPSA) is 8.17 Å². The zero-order chi connectivity index (χ0) is 33.7. The Morgan fingerprint density at radius 1 is 0.333 bits per heavy atom. The van der Waals surface area contributed by atoms with Crippen molar-refractivity contribution in [2.24, 2.45) is 0 Å². The molecule has 0 saturated carbocycles. The molecule has 0 aliphatic heterocycles. The lowest BCUT2D eigenvalue weighted by Crippen LogP contribution is -2.09. The molecule has 0 spiro atoms. The quantitative estimate of drug-likeness (QED) is 0.171. The highest BCUT2D eigenvalue weighted by molar-refractivity contribution is 7.25. The van der Waals surface area contributed by atoms with E-state index >= 15 is 0 Å². The Morgan fingerprint density at radius 3 is 1.76 bits per heavy atom. The van der Waals surface area contributed by atoms with E-state index < -0.39 is 0 Å².